The molecular formula is C13H15BrN2O. The van der Waals surface area contributed by atoms with Crippen molar-refractivity contribution < 1.29 is 4.79 Å². The summed E-state index contributed by atoms with van der Waals surface area (Å²) < 4.78 is 1.04. The zero-order valence-electron chi connectivity index (χ0n) is 9.98. The maximum Gasteiger partial charge on any atom is 0.251 e. The smallest absolute Gasteiger partial charge is 0.251 e. The summed E-state index contributed by atoms with van der Waals surface area (Å²) >= 11 is 3.39. The van der Waals surface area contributed by atoms with Crippen LogP contribution in [-0.4, -0.2) is 16.6 Å². The summed E-state index contributed by atoms with van der Waals surface area (Å²) in [7, 11) is 0. The quantitative estimate of drug-likeness (QED) is 0.843. The largest absolute Gasteiger partial charge is 0.272 e. The lowest BCUT2D eigenvalue weighted by Gasteiger charge is -2.12. The summed E-state index contributed by atoms with van der Waals surface area (Å²) in [6.07, 6.45) is 0.837. The molecule has 17 heavy (non-hydrogen) atoms. The fraction of sp³-hybridized carbons (Fsp3) is 0.385. The van der Waals surface area contributed by atoms with Crippen molar-refractivity contribution in [3.8, 4) is 0 Å². The average Bonchev–Trinajstić information content (AvgIpc) is 2.60. The SMILES string of the molecule is CCC1=NN(Cc2ccc(Br)cc2)C(=O)C1C. The Morgan fingerprint density at radius 3 is 2.53 bits per heavy atom. The lowest BCUT2D eigenvalue weighted by Crippen LogP contribution is -2.25. The molecule has 0 aromatic heterocycles. The topological polar surface area (TPSA) is 32.7 Å². The number of rotatable bonds is 3. The number of amides is 1. The van der Waals surface area contributed by atoms with Crippen LogP contribution in [0.15, 0.2) is 33.8 Å². The first-order chi connectivity index (χ1) is 8.11. The van der Waals surface area contributed by atoms with Crippen LogP contribution in [-0.2, 0) is 11.3 Å². The van der Waals surface area contributed by atoms with Gasteiger partial charge in [0.1, 0.15) is 0 Å². The van der Waals surface area contributed by atoms with Crippen molar-refractivity contribution in [3.05, 3.63) is 34.3 Å². The molecule has 0 bridgehead atoms. The van der Waals surface area contributed by atoms with Gasteiger partial charge in [-0.1, -0.05) is 35.0 Å². The van der Waals surface area contributed by atoms with E-state index < -0.39 is 0 Å². The Labute approximate surface area is 110 Å². The molecule has 1 heterocycles. The van der Waals surface area contributed by atoms with Crippen LogP contribution in [0.25, 0.3) is 0 Å². The van der Waals surface area contributed by atoms with E-state index in [9.17, 15) is 4.79 Å². The molecule has 2 rings (SSSR count). The Balaban J connectivity index is 2.12. The Kier molecular flexibility index (Phi) is 3.62. The van der Waals surface area contributed by atoms with Crippen molar-refractivity contribution in [1.82, 2.24) is 5.01 Å². The molecule has 1 aliphatic heterocycles. The van der Waals surface area contributed by atoms with Gasteiger partial charge in [-0.2, -0.15) is 5.10 Å². The Morgan fingerprint density at radius 1 is 1.35 bits per heavy atom. The highest BCUT2D eigenvalue weighted by molar-refractivity contribution is 9.10. The van der Waals surface area contributed by atoms with Crippen molar-refractivity contribution in [2.75, 3.05) is 0 Å². The highest BCUT2D eigenvalue weighted by atomic mass is 79.9. The van der Waals surface area contributed by atoms with Gasteiger partial charge in [0.2, 0.25) is 0 Å². The predicted molar refractivity (Wildman–Crippen MR) is 71.6 cm³/mol. The normalized spacial score (nSPS) is 19.7. The molecule has 0 fully saturated rings. The maximum atomic E-state index is 11.9. The Morgan fingerprint density at radius 2 is 2.00 bits per heavy atom. The van der Waals surface area contributed by atoms with E-state index in [4.69, 9.17) is 0 Å². The zero-order chi connectivity index (χ0) is 12.4. The van der Waals surface area contributed by atoms with E-state index in [0.29, 0.717) is 6.54 Å². The van der Waals surface area contributed by atoms with Gasteiger partial charge in [-0.05, 0) is 31.0 Å². The number of benzene rings is 1. The van der Waals surface area contributed by atoms with Gasteiger partial charge in [0.25, 0.3) is 5.91 Å². The van der Waals surface area contributed by atoms with Gasteiger partial charge in [0.15, 0.2) is 0 Å². The van der Waals surface area contributed by atoms with Crippen LogP contribution < -0.4 is 0 Å². The number of hydrogen-bond acceptors (Lipinski definition) is 2. The van der Waals surface area contributed by atoms with E-state index in [0.717, 1.165) is 22.2 Å². The van der Waals surface area contributed by atoms with Crippen molar-refractivity contribution >= 4 is 27.5 Å². The minimum absolute atomic E-state index is 0.0598. The summed E-state index contributed by atoms with van der Waals surface area (Å²) in [5.41, 5.74) is 2.07. The first-order valence-electron chi connectivity index (χ1n) is 5.75. The molecule has 0 saturated carbocycles. The summed E-state index contributed by atoms with van der Waals surface area (Å²) in [6.45, 7) is 4.51. The third-order valence-electron chi connectivity index (χ3n) is 2.98. The number of halogens is 1. The molecule has 1 atom stereocenters. The van der Waals surface area contributed by atoms with E-state index in [2.05, 4.69) is 21.0 Å². The van der Waals surface area contributed by atoms with Crippen molar-refractivity contribution in [1.29, 1.82) is 0 Å². The summed E-state index contributed by atoms with van der Waals surface area (Å²) in [5.74, 6) is 0.0419. The lowest BCUT2D eigenvalue weighted by atomic mass is 10.0. The van der Waals surface area contributed by atoms with Gasteiger partial charge >= 0.3 is 0 Å². The highest BCUT2D eigenvalue weighted by Crippen LogP contribution is 2.20. The minimum atomic E-state index is -0.0598. The van der Waals surface area contributed by atoms with Gasteiger partial charge in [-0.3, -0.25) is 4.79 Å². The van der Waals surface area contributed by atoms with Crippen LogP contribution in [0.3, 0.4) is 0 Å². The minimum Gasteiger partial charge on any atom is -0.272 e. The number of nitrogens with zero attached hydrogens (tertiary/aromatic N) is 2. The number of carbonyl (C=O) groups excluding carboxylic acids is 1. The number of hydrogen-bond donors (Lipinski definition) is 0. The van der Waals surface area contributed by atoms with Crippen LogP contribution in [0.4, 0.5) is 0 Å². The van der Waals surface area contributed by atoms with Gasteiger partial charge < -0.3 is 0 Å². The van der Waals surface area contributed by atoms with E-state index in [1.54, 1.807) is 5.01 Å². The summed E-state index contributed by atoms with van der Waals surface area (Å²) in [6, 6.07) is 7.95. The standard InChI is InChI=1S/C13H15BrN2O/c1-3-12-9(2)13(17)16(15-12)8-10-4-6-11(14)7-5-10/h4-7,9H,3,8H2,1-2H3. The van der Waals surface area contributed by atoms with Crippen molar-refractivity contribution in [2.45, 2.75) is 26.8 Å². The zero-order valence-corrected chi connectivity index (χ0v) is 11.6. The molecular weight excluding hydrogens is 280 g/mol. The second-order valence-corrected chi connectivity index (χ2v) is 5.10. The predicted octanol–water partition coefficient (Wildman–Crippen LogP) is 3.19. The molecule has 0 N–H and O–H groups in total. The highest BCUT2D eigenvalue weighted by Gasteiger charge is 2.30. The third kappa shape index (κ3) is 2.57. The molecule has 1 aromatic rings. The maximum absolute atomic E-state index is 11.9. The Hall–Kier alpha value is -1.16. The molecule has 1 aliphatic rings. The molecule has 90 valence electrons. The van der Waals surface area contributed by atoms with E-state index in [-0.39, 0.29) is 11.8 Å². The van der Waals surface area contributed by atoms with E-state index >= 15 is 0 Å². The van der Waals surface area contributed by atoms with E-state index in [1.165, 1.54) is 0 Å². The molecule has 1 aromatic carbocycles. The fourth-order valence-electron chi connectivity index (χ4n) is 1.91. The number of hydrazone groups is 1. The third-order valence-corrected chi connectivity index (χ3v) is 3.51. The average molecular weight is 295 g/mol. The van der Waals surface area contributed by atoms with Crippen molar-refractivity contribution in [3.63, 3.8) is 0 Å². The summed E-state index contributed by atoms with van der Waals surface area (Å²) in [4.78, 5) is 11.9. The van der Waals surface area contributed by atoms with Gasteiger partial charge in [0.05, 0.1) is 18.2 Å². The molecule has 0 aliphatic carbocycles. The first kappa shape index (κ1) is 12.3. The summed E-state index contributed by atoms with van der Waals surface area (Å²) in [5, 5.41) is 5.95. The number of carbonyl (C=O) groups is 1. The van der Waals surface area contributed by atoms with Crippen LogP contribution in [0.5, 0.6) is 0 Å². The lowest BCUT2D eigenvalue weighted by molar-refractivity contribution is -0.131. The second kappa shape index (κ2) is 5.00. The van der Waals surface area contributed by atoms with Crippen molar-refractivity contribution in [2.24, 2.45) is 11.0 Å². The first-order valence-corrected chi connectivity index (χ1v) is 6.54. The van der Waals surface area contributed by atoms with Crippen LogP contribution >= 0.6 is 15.9 Å². The molecule has 3 nitrogen and oxygen atoms in total. The van der Waals surface area contributed by atoms with Gasteiger partial charge in [-0.15, -0.1) is 0 Å². The fourth-order valence-corrected chi connectivity index (χ4v) is 2.17. The monoisotopic (exact) mass is 294 g/mol. The van der Waals surface area contributed by atoms with Gasteiger partial charge in [-0.25, -0.2) is 5.01 Å². The van der Waals surface area contributed by atoms with Crippen LogP contribution in [0.2, 0.25) is 0 Å². The Bertz CT molecular complexity index is 453. The molecule has 1 amide bonds. The van der Waals surface area contributed by atoms with Gasteiger partial charge in [0, 0.05) is 4.47 Å². The molecule has 4 heteroatoms. The molecule has 0 saturated heterocycles. The molecule has 1 unspecified atom stereocenters. The molecule has 0 radical (unpaired) electrons. The van der Waals surface area contributed by atoms with Crippen LogP contribution in [0, 0.1) is 5.92 Å². The van der Waals surface area contributed by atoms with Crippen LogP contribution in [0.1, 0.15) is 25.8 Å². The molecule has 0 spiro atoms. The second-order valence-electron chi connectivity index (χ2n) is 4.19. The van der Waals surface area contributed by atoms with E-state index in [1.807, 2.05) is 38.1 Å².